The number of carbonyl (C=O) groups excluding carboxylic acids is 1. The Hall–Kier alpha value is -3.00. The van der Waals surface area contributed by atoms with E-state index in [4.69, 9.17) is 13.9 Å². The summed E-state index contributed by atoms with van der Waals surface area (Å²) in [5.74, 6) is 0. The second kappa shape index (κ2) is 11.5. The summed E-state index contributed by atoms with van der Waals surface area (Å²) in [4.78, 5) is 19.9. The van der Waals surface area contributed by atoms with Crippen LogP contribution in [0.15, 0.2) is 85.1 Å². The molecule has 2 unspecified atom stereocenters. The largest absolute Gasteiger partial charge is 0.444 e. The first-order valence-corrected chi connectivity index (χ1v) is 16.0. The van der Waals surface area contributed by atoms with Gasteiger partial charge < -0.3 is 13.9 Å². The van der Waals surface area contributed by atoms with Crippen LogP contribution in [0.25, 0.3) is 0 Å². The number of ether oxygens (including phenoxy) is 2. The molecule has 1 aliphatic heterocycles. The zero-order valence-electron chi connectivity index (χ0n) is 25.2. The summed E-state index contributed by atoms with van der Waals surface area (Å²) >= 11 is 0. The molecule has 2 heterocycles. The molecule has 0 spiro atoms. The summed E-state index contributed by atoms with van der Waals surface area (Å²) in [6.07, 6.45) is 1.53. The Kier molecular flexibility index (Phi) is 8.59. The van der Waals surface area contributed by atoms with Gasteiger partial charge in [0.15, 0.2) is 0 Å². The molecule has 6 nitrogen and oxygen atoms in total. The highest BCUT2D eigenvalue weighted by molar-refractivity contribution is 6.99. The number of benzene rings is 2. The first-order valence-electron chi connectivity index (χ1n) is 14.1. The lowest BCUT2D eigenvalue weighted by atomic mass is 10.0. The molecule has 40 heavy (non-hydrogen) atoms. The van der Waals surface area contributed by atoms with E-state index in [1.54, 1.807) is 11.1 Å². The van der Waals surface area contributed by atoms with E-state index < -0.39 is 25.7 Å². The molecule has 1 aromatic heterocycles. The van der Waals surface area contributed by atoms with Crippen LogP contribution in [-0.4, -0.2) is 54.4 Å². The van der Waals surface area contributed by atoms with Gasteiger partial charge in [-0.1, -0.05) is 87.5 Å². The summed E-state index contributed by atoms with van der Waals surface area (Å²) in [6.45, 7) is 16.6. The second-order valence-corrected chi connectivity index (χ2v) is 17.3. The van der Waals surface area contributed by atoms with Crippen molar-refractivity contribution >= 4 is 24.8 Å². The Morgan fingerprint density at radius 1 is 0.900 bits per heavy atom. The molecular weight excluding hydrogens is 516 g/mol. The van der Waals surface area contributed by atoms with Crippen LogP contribution in [0.5, 0.6) is 0 Å². The second-order valence-electron chi connectivity index (χ2n) is 13.0. The third-order valence-corrected chi connectivity index (χ3v) is 12.4. The fourth-order valence-electron chi connectivity index (χ4n) is 5.81. The first kappa shape index (κ1) is 30.0. The van der Waals surface area contributed by atoms with Crippen molar-refractivity contribution in [2.24, 2.45) is 0 Å². The molecule has 0 bridgehead atoms. The van der Waals surface area contributed by atoms with Gasteiger partial charge in [-0.2, -0.15) is 0 Å². The van der Waals surface area contributed by atoms with Crippen LogP contribution in [0.3, 0.4) is 0 Å². The smallest absolute Gasteiger partial charge is 0.412 e. The van der Waals surface area contributed by atoms with Gasteiger partial charge in [0.05, 0.1) is 12.6 Å². The van der Waals surface area contributed by atoms with E-state index in [1.807, 2.05) is 65.0 Å². The van der Waals surface area contributed by atoms with Crippen molar-refractivity contribution in [2.75, 3.05) is 6.61 Å². The maximum atomic E-state index is 13.6. The third-order valence-electron chi connectivity index (χ3n) is 7.40. The molecule has 3 aromatic rings. The highest BCUT2D eigenvalue weighted by Gasteiger charge is 2.54. The van der Waals surface area contributed by atoms with Gasteiger partial charge in [0.25, 0.3) is 8.32 Å². The lowest BCUT2D eigenvalue weighted by Crippen LogP contribution is -2.67. The van der Waals surface area contributed by atoms with Crippen molar-refractivity contribution in [2.45, 2.75) is 90.3 Å². The first-order chi connectivity index (χ1) is 18.7. The number of hydrogen-bond acceptors (Lipinski definition) is 5. The fraction of sp³-hybridized carbons (Fsp3) is 0.455. The summed E-state index contributed by atoms with van der Waals surface area (Å²) in [5.41, 5.74) is -0.634. The molecule has 1 amide bonds. The summed E-state index contributed by atoms with van der Waals surface area (Å²) in [6, 6.07) is 26.7. The Bertz CT molecular complexity index is 1210. The summed E-state index contributed by atoms with van der Waals surface area (Å²) < 4.78 is 19.8. The molecule has 0 aliphatic carbocycles. The maximum Gasteiger partial charge on any atom is 0.412 e. The molecule has 1 aliphatic rings. The van der Waals surface area contributed by atoms with E-state index in [0.29, 0.717) is 13.0 Å². The zero-order valence-corrected chi connectivity index (χ0v) is 26.2. The van der Waals surface area contributed by atoms with Crippen LogP contribution in [0, 0.1) is 0 Å². The molecule has 1 fully saturated rings. The van der Waals surface area contributed by atoms with E-state index >= 15 is 0 Å². The molecule has 0 saturated carbocycles. The van der Waals surface area contributed by atoms with E-state index in [0.717, 1.165) is 5.69 Å². The van der Waals surface area contributed by atoms with E-state index in [2.05, 4.69) is 74.3 Å². The average Bonchev–Trinajstić information content (AvgIpc) is 3.13. The molecule has 1 saturated heterocycles. The van der Waals surface area contributed by atoms with Gasteiger partial charge in [-0.25, -0.2) is 4.79 Å². The lowest BCUT2D eigenvalue weighted by Gasteiger charge is -2.43. The van der Waals surface area contributed by atoms with Gasteiger partial charge in [0.2, 0.25) is 0 Å². The topological polar surface area (TPSA) is 60.9 Å². The minimum atomic E-state index is -2.80. The number of pyridine rings is 1. The Labute approximate surface area is 240 Å². The van der Waals surface area contributed by atoms with Crippen LogP contribution in [0.4, 0.5) is 4.79 Å². The van der Waals surface area contributed by atoms with Crippen LogP contribution in [-0.2, 0) is 20.3 Å². The van der Waals surface area contributed by atoms with Crippen molar-refractivity contribution in [1.29, 1.82) is 0 Å². The molecule has 4 rings (SSSR count). The third kappa shape index (κ3) is 6.32. The number of hydrogen-bond donors (Lipinski definition) is 0. The maximum absolute atomic E-state index is 13.6. The number of aromatic nitrogens is 1. The van der Waals surface area contributed by atoms with E-state index in [1.165, 1.54) is 10.4 Å². The highest BCUT2D eigenvalue weighted by atomic mass is 28.4. The Morgan fingerprint density at radius 3 is 1.93 bits per heavy atom. The minimum absolute atomic E-state index is 0.175. The average molecular weight is 561 g/mol. The molecule has 0 radical (unpaired) electrons. The monoisotopic (exact) mass is 560 g/mol. The van der Waals surface area contributed by atoms with Crippen LogP contribution in [0.1, 0.15) is 61.1 Å². The molecule has 2 aromatic carbocycles. The van der Waals surface area contributed by atoms with Crippen LogP contribution >= 0.6 is 0 Å². The molecule has 7 heteroatoms. The fourth-order valence-corrected chi connectivity index (χ4v) is 10.4. The van der Waals surface area contributed by atoms with Crippen molar-refractivity contribution in [3.63, 3.8) is 0 Å². The van der Waals surface area contributed by atoms with Crippen LogP contribution in [0.2, 0.25) is 5.04 Å². The zero-order chi connectivity index (χ0) is 29.2. The van der Waals surface area contributed by atoms with Gasteiger partial charge in [-0.15, -0.1) is 0 Å². The number of carbonyl (C=O) groups is 1. The van der Waals surface area contributed by atoms with E-state index in [-0.39, 0.29) is 17.2 Å². The Balaban J connectivity index is 1.75. The molecular formula is C33H44N2O4Si. The Morgan fingerprint density at radius 2 is 1.45 bits per heavy atom. The SMILES string of the molecule is CC(C)(C)OC(=O)N1C(Cc2ccccn2)C(CO[Si](c2ccccc2)(c2ccccc2)C(C)(C)C)OC1(C)C. The standard InChI is InChI=1S/C33H44N2O4Si/c1-31(2,3)39-30(36)35-28(23-25-17-15-16-22-34-25)29(38-33(35,7)8)24-37-40(32(4,5)6,26-18-11-9-12-19-26)27-20-13-10-14-21-27/h9-22,28-29H,23-24H2,1-8H3. The highest BCUT2D eigenvalue weighted by Crippen LogP contribution is 2.39. The van der Waals surface area contributed by atoms with Crippen LogP contribution < -0.4 is 10.4 Å². The van der Waals surface area contributed by atoms with Gasteiger partial charge >= 0.3 is 6.09 Å². The normalized spacial score (nSPS) is 19.4. The lowest BCUT2D eigenvalue weighted by molar-refractivity contribution is -0.0853. The quantitative estimate of drug-likeness (QED) is 0.335. The van der Waals surface area contributed by atoms with Crippen molar-refractivity contribution < 1.29 is 18.7 Å². The predicted octanol–water partition coefficient (Wildman–Crippen LogP) is 5.94. The minimum Gasteiger partial charge on any atom is -0.444 e. The summed E-state index contributed by atoms with van der Waals surface area (Å²) in [5, 5.41) is 2.23. The number of amides is 1. The predicted molar refractivity (Wildman–Crippen MR) is 162 cm³/mol. The molecule has 0 N–H and O–H groups in total. The van der Waals surface area contributed by atoms with Gasteiger partial charge in [-0.05, 0) is 62.2 Å². The van der Waals surface area contributed by atoms with Crippen molar-refractivity contribution in [3.8, 4) is 0 Å². The molecule has 2 atom stereocenters. The van der Waals surface area contributed by atoms with Gasteiger partial charge in [0, 0.05) is 18.3 Å². The number of rotatable bonds is 7. The molecule has 214 valence electrons. The van der Waals surface area contributed by atoms with Crippen molar-refractivity contribution in [3.05, 3.63) is 90.8 Å². The summed E-state index contributed by atoms with van der Waals surface area (Å²) in [7, 11) is -2.80. The van der Waals surface area contributed by atoms with Gasteiger partial charge in [0.1, 0.15) is 17.4 Å². The van der Waals surface area contributed by atoms with E-state index in [9.17, 15) is 4.79 Å². The van der Waals surface area contributed by atoms with Gasteiger partial charge in [-0.3, -0.25) is 9.88 Å². The number of nitrogens with zero attached hydrogens (tertiary/aromatic N) is 2. The van der Waals surface area contributed by atoms with Crippen molar-refractivity contribution in [1.82, 2.24) is 9.88 Å².